The molecule has 0 amide bonds. The summed E-state index contributed by atoms with van der Waals surface area (Å²) in [6.45, 7) is 2.29. The Morgan fingerprint density at radius 3 is 2.51 bits per heavy atom. The zero-order chi connectivity index (χ0) is 26.9. The average molecular weight is 518 g/mol. The average Bonchev–Trinajstić information content (AvgIpc) is 3.44. The number of methoxy groups -OCH3 is 1. The number of nitrogens with zero attached hydrogens (tertiary/aromatic N) is 2. The molecular formula is C32H31N5O2. The highest BCUT2D eigenvalue weighted by Gasteiger charge is 2.21. The van der Waals surface area contributed by atoms with Crippen molar-refractivity contribution in [3.63, 3.8) is 0 Å². The Labute approximate surface area is 228 Å². The summed E-state index contributed by atoms with van der Waals surface area (Å²) in [6.07, 6.45) is 2.75. The number of aromatic nitrogens is 2. The Balaban J connectivity index is 0.000000455. The second-order valence-corrected chi connectivity index (χ2v) is 9.25. The molecular weight excluding hydrogens is 486 g/mol. The van der Waals surface area contributed by atoms with E-state index in [1.54, 1.807) is 7.11 Å². The number of H-pyrrole nitrogens is 1. The molecule has 6 rings (SSSR count). The van der Waals surface area contributed by atoms with Crippen LogP contribution < -0.4 is 20.1 Å². The zero-order valence-corrected chi connectivity index (χ0v) is 21.9. The van der Waals surface area contributed by atoms with E-state index in [1.165, 1.54) is 5.56 Å². The van der Waals surface area contributed by atoms with Crippen LogP contribution in [0.1, 0.15) is 11.1 Å². The van der Waals surface area contributed by atoms with Crippen LogP contribution in [-0.2, 0) is 6.42 Å². The number of rotatable bonds is 7. The predicted molar refractivity (Wildman–Crippen MR) is 155 cm³/mol. The maximum Gasteiger partial charge on any atom is 0.237 e. The molecule has 3 heterocycles. The summed E-state index contributed by atoms with van der Waals surface area (Å²) in [5.41, 5.74) is 5.85. The van der Waals surface area contributed by atoms with Crippen molar-refractivity contribution in [2.75, 3.05) is 32.1 Å². The number of nitriles is 1. The van der Waals surface area contributed by atoms with Crippen LogP contribution in [0, 0.1) is 11.3 Å². The molecule has 39 heavy (non-hydrogen) atoms. The summed E-state index contributed by atoms with van der Waals surface area (Å²) in [7, 11) is 1.67. The van der Waals surface area contributed by atoms with Gasteiger partial charge in [0.25, 0.3) is 0 Å². The van der Waals surface area contributed by atoms with Gasteiger partial charge in [0.05, 0.1) is 31.0 Å². The highest BCUT2D eigenvalue weighted by Crippen LogP contribution is 2.33. The number of ether oxygens (including phenoxy) is 2. The number of aromatic amines is 1. The molecule has 0 unspecified atom stereocenters. The van der Waals surface area contributed by atoms with Gasteiger partial charge in [0.1, 0.15) is 11.9 Å². The van der Waals surface area contributed by atoms with Gasteiger partial charge in [0, 0.05) is 34.9 Å². The number of pyridine rings is 1. The molecule has 7 heteroatoms. The molecule has 0 saturated carbocycles. The number of hydrogen-bond acceptors (Lipinski definition) is 6. The lowest BCUT2D eigenvalue weighted by Crippen LogP contribution is -2.40. The molecule has 3 aromatic carbocycles. The van der Waals surface area contributed by atoms with E-state index < -0.39 is 0 Å². The molecule has 0 saturated heterocycles. The lowest BCUT2D eigenvalue weighted by molar-refractivity contribution is 0.194. The second-order valence-electron chi connectivity index (χ2n) is 9.25. The van der Waals surface area contributed by atoms with Crippen molar-refractivity contribution in [1.82, 2.24) is 15.3 Å². The van der Waals surface area contributed by atoms with Crippen molar-refractivity contribution in [2.24, 2.45) is 0 Å². The van der Waals surface area contributed by atoms with Crippen LogP contribution >= 0.6 is 0 Å². The quantitative estimate of drug-likeness (QED) is 0.236. The number of benzene rings is 3. The summed E-state index contributed by atoms with van der Waals surface area (Å²) in [5.74, 6) is 1.46. The minimum Gasteiger partial charge on any atom is -0.497 e. The first-order chi connectivity index (χ1) is 19.2. The first kappa shape index (κ1) is 25.8. The summed E-state index contributed by atoms with van der Waals surface area (Å²) >= 11 is 0. The van der Waals surface area contributed by atoms with Crippen molar-refractivity contribution < 1.29 is 9.47 Å². The molecule has 2 aromatic heterocycles. The molecule has 3 N–H and O–H groups in total. The SMILES string of the molecule is COc1ccc2[nH]c(-c3cnc4c(c3)NC[C@@H](CNCCc3ccc(C#N)cc3)O4)cc2c1.c1ccccc1. The Hall–Kier alpha value is -4.80. The first-order valence-corrected chi connectivity index (χ1v) is 13.0. The highest BCUT2D eigenvalue weighted by molar-refractivity contribution is 5.87. The third-order valence-electron chi connectivity index (χ3n) is 6.50. The molecule has 196 valence electrons. The first-order valence-electron chi connectivity index (χ1n) is 13.0. The van der Waals surface area contributed by atoms with Crippen LogP contribution in [0.5, 0.6) is 11.6 Å². The predicted octanol–water partition coefficient (Wildman–Crippen LogP) is 5.80. The fraction of sp³-hybridized carbons (Fsp3) is 0.188. The second kappa shape index (κ2) is 12.6. The number of nitrogens with one attached hydrogen (secondary N) is 3. The van der Waals surface area contributed by atoms with E-state index in [1.807, 2.05) is 85.1 Å². The van der Waals surface area contributed by atoms with E-state index in [-0.39, 0.29) is 6.10 Å². The third kappa shape index (κ3) is 6.75. The Morgan fingerprint density at radius 1 is 1.03 bits per heavy atom. The third-order valence-corrected chi connectivity index (χ3v) is 6.50. The van der Waals surface area contributed by atoms with Gasteiger partial charge >= 0.3 is 0 Å². The molecule has 1 aliphatic rings. The summed E-state index contributed by atoms with van der Waals surface area (Å²) in [6, 6.07) is 32.0. The normalized spacial score (nSPS) is 13.7. The Kier molecular flexibility index (Phi) is 8.37. The van der Waals surface area contributed by atoms with Gasteiger partial charge in [-0.25, -0.2) is 4.98 Å². The summed E-state index contributed by atoms with van der Waals surface area (Å²) < 4.78 is 11.4. The zero-order valence-electron chi connectivity index (χ0n) is 21.9. The van der Waals surface area contributed by atoms with Crippen molar-refractivity contribution in [3.05, 3.63) is 108 Å². The standard InChI is InChI=1S/C26H25N5O2.C6H6/c1-32-21-6-7-23-19(10-21)11-24(31-23)20-12-25-26(30-14-20)33-22(16-29-25)15-28-9-8-17-2-4-18(13-27)5-3-17;1-2-4-6-5-3-1/h2-7,10-12,14,22,28-29,31H,8-9,15-16H2,1H3;1-6H/t22-;/m1./s1. The van der Waals surface area contributed by atoms with Gasteiger partial charge in [-0.1, -0.05) is 48.5 Å². The van der Waals surface area contributed by atoms with E-state index in [4.69, 9.17) is 14.7 Å². The molecule has 5 aromatic rings. The van der Waals surface area contributed by atoms with Crippen LogP contribution in [0.25, 0.3) is 22.2 Å². The van der Waals surface area contributed by atoms with E-state index in [0.717, 1.165) is 53.1 Å². The molecule has 0 aliphatic carbocycles. The van der Waals surface area contributed by atoms with Crippen LogP contribution in [0.15, 0.2) is 97.2 Å². The summed E-state index contributed by atoms with van der Waals surface area (Å²) in [4.78, 5) is 8.00. The molecule has 7 nitrogen and oxygen atoms in total. The topological polar surface area (TPSA) is 95.0 Å². The van der Waals surface area contributed by atoms with Gasteiger partial charge in [-0.2, -0.15) is 5.26 Å². The lowest BCUT2D eigenvalue weighted by atomic mass is 10.1. The van der Waals surface area contributed by atoms with Crippen molar-refractivity contribution in [3.8, 4) is 29.0 Å². The monoisotopic (exact) mass is 517 g/mol. The Morgan fingerprint density at radius 2 is 1.79 bits per heavy atom. The van der Waals surface area contributed by atoms with Gasteiger partial charge in [0.2, 0.25) is 5.88 Å². The largest absolute Gasteiger partial charge is 0.497 e. The molecule has 0 bridgehead atoms. The number of anilines is 1. The maximum absolute atomic E-state index is 8.88. The molecule has 1 aliphatic heterocycles. The van der Waals surface area contributed by atoms with E-state index in [2.05, 4.69) is 38.8 Å². The van der Waals surface area contributed by atoms with Gasteiger partial charge in [0.15, 0.2) is 0 Å². The Bertz CT molecular complexity index is 1510. The molecule has 1 atom stereocenters. The lowest BCUT2D eigenvalue weighted by Gasteiger charge is -2.27. The summed E-state index contributed by atoms with van der Waals surface area (Å²) in [5, 5.41) is 16.9. The van der Waals surface area contributed by atoms with Crippen LogP contribution in [0.4, 0.5) is 5.69 Å². The fourth-order valence-electron chi connectivity index (χ4n) is 4.38. The molecule has 0 radical (unpaired) electrons. The van der Waals surface area contributed by atoms with Crippen LogP contribution in [0.3, 0.4) is 0 Å². The van der Waals surface area contributed by atoms with E-state index >= 15 is 0 Å². The van der Waals surface area contributed by atoms with Gasteiger partial charge in [-0.05, 0) is 61.0 Å². The van der Waals surface area contributed by atoms with Crippen molar-refractivity contribution >= 4 is 16.6 Å². The minimum atomic E-state index is 0.0114. The van der Waals surface area contributed by atoms with Crippen LogP contribution in [-0.4, -0.2) is 42.8 Å². The minimum absolute atomic E-state index is 0.0114. The maximum atomic E-state index is 8.88. The molecule has 0 fully saturated rings. The van der Waals surface area contributed by atoms with Crippen molar-refractivity contribution in [2.45, 2.75) is 12.5 Å². The van der Waals surface area contributed by atoms with E-state index in [0.29, 0.717) is 18.0 Å². The van der Waals surface area contributed by atoms with Gasteiger partial charge < -0.3 is 25.1 Å². The van der Waals surface area contributed by atoms with Crippen LogP contribution in [0.2, 0.25) is 0 Å². The smallest absolute Gasteiger partial charge is 0.237 e. The number of fused-ring (bicyclic) bond motifs is 2. The van der Waals surface area contributed by atoms with E-state index in [9.17, 15) is 0 Å². The highest BCUT2D eigenvalue weighted by atomic mass is 16.5. The van der Waals surface area contributed by atoms with Crippen molar-refractivity contribution in [1.29, 1.82) is 5.26 Å². The van der Waals surface area contributed by atoms with Gasteiger partial charge in [-0.3, -0.25) is 0 Å². The molecule has 0 spiro atoms. The fourth-order valence-corrected chi connectivity index (χ4v) is 4.38. The number of hydrogen-bond donors (Lipinski definition) is 3. The van der Waals surface area contributed by atoms with Gasteiger partial charge in [-0.15, -0.1) is 0 Å².